The molecule has 0 radical (unpaired) electrons. The molecule has 9 heavy (non-hydrogen) atoms. The third-order valence-corrected chi connectivity index (χ3v) is 1.03. The highest BCUT2D eigenvalue weighted by Gasteiger charge is 2.03. The van der Waals surface area contributed by atoms with Crippen LogP contribution in [-0.4, -0.2) is 16.1 Å². The van der Waals surface area contributed by atoms with E-state index in [1.165, 1.54) is 12.4 Å². The Labute approximate surface area is 52.9 Å². The summed E-state index contributed by atoms with van der Waals surface area (Å²) in [4.78, 5) is 11.3. The number of carboxylic acid groups (broad SMARTS) is 1. The molecule has 1 rings (SSSR count). The van der Waals surface area contributed by atoms with Gasteiger partial charge < -0.3 is 5.11 Å². The molecule has 1 N–H and O–H groups in total. The Kier molecular flexibility index (Phi) is 1.53. The second-order valence-corrected chi connectivity index (χ2v) is 1.70. The van der Waals surface area contributed by atoms with Crippen molar-refractivity contribution >= 4 is 6.09 Å². The summed E-state index contributed by atoms with van der Waals surface area (Å²) in [6.45, 7) is 0. The lowest BCUT2D eigenvalue weighted by Crippen LogP contribution is -2.17. The minimum absolute atomic E-state index is 0.823. The molecule has 1 aliphatic rings. The molecule has 0 bridgehead atoms. The van der Waals surface area contributed by atoms with Crippen molar-refractivity contribution in [2.45, 2.75) is 6.42 Å². The molecule has 0 aromatic rings. The summed E-state index contributed by atoms with van der Waals surface area (Å²) < 4.78 is 0. The van der Waals surface area contributed by atoms with Crippen LogP contribution in [0, 0.1) is 0 Å². The van der Waals surface area contributed by atoms with E-state index in [4.69, 9.17) is 5.11 Å². The standard InChI is InChI=1S/C6H7NO2/c8-6(9)7-4-2-1-3-5-7/h2-5H,1H2,(H,8,9). The lowest BCUT2D eigenvalue weighted by atomic mass is 10.3. The van der Waals surface area contributed by atoms with Gasteiger partial charge in [-0.1, -0.05) is 12.2 Å². The van der Waals surface area contributed by atoms with Crippen LogP contribution in [0.5, 0.6) is 0 Å². The van der Waals surface area contributed by atoms with E-state index in [2.05, 4.69) is 0 Å². The monoisotopic (exact) mass is 125 g/mol. The molecule has 0 aromatic heterocycles. The maximum absolute atomic E-state index is 10.2. The zero-order valence-corrected chi connectivity index (χ0v) is 4.82. The zero-order valence-electron chi connectivity index (χ0n) is 4.82. The summed E-state index contributed by atoms with van der Waals surface area (Å²) in [7, 11) is 0. The van der Waals surface area contributed by atoms with E-state index in [0.717, 1.165) is 11.3 Å². The Bertz CT molecular complexity index is 160. The molecule has 0 fully saturated rings. The molecule has 3 nitrogen and oxygen atoms in total. The average Bonchev–Trinajstić information content (AvgIpc) is 1.90. The van der Waals surface area contributed by atoms with Crippen molar-refractivity contribution in [3.05, 3.63) is 24.6 Å². The smallest absolute Gasteiger partial charge is 0.415 e. The van der Waals surface area contributed by atoms with Gasteiger partial charge in [0.1, 0.15) is 0 Å². The summed E-state index contributed by atoms with van der Waals surface area (Å²) in [5, 5.41) is 8.36. The van der Waals surface area contributed by atoms with Crippen LogP contribution in [0.4, 0.5) is 4.79 Å². The number of nitrogens with zero attached hydrogens (tertiary/aromatic N) is 1. The SMILES string of the molecule is O=C(O)N1C=CCC=C1. The van der Waals surface area contributed by atoms with Crippen molar-refractivity contribution in [3.63, 3.8) is 0 Å². The van der Waals surface area contributed by atoms with Gasteiger partial charge in [-0.05, 0) is 6.42 Å². The summed E-state index contributed by atoms with van der Waals surface area (Å²) in [6.07, 6.45) is 6.51. The molecular formula is C6H7NO2. The van der Waals surface area contributed by atoms with Gasteiger partial charge in [-0.25, -0.2) is 4.79 Å². The maximum atomic E-state index is 10.2. The Hall–Kier alpha value is -1.25. The number of hydrogen-bond donors (Lipinski definition) is 1. The molecule has 0 aromatic carbocycles. The molecule has 0 unspecified atom stereocenters. The van der Waals surface area contributed by atoms with Gasteiger partial charge in [-0.2, -0.15) is 0 Å². The van der Waals surface area contributed by atoms with Crippen LogP contribution in [0.3, 0.4) is 0 Å². The number of amides is 1. The Morgan fingerprint density at radius 1 is 1.44 bits per heavy atom. The molecule has 0 aliphatic carbocycles. The van der Waals surface area contributed by atoms with Gasteiger partial charge in [-0.3, -0.25) is 4.90 Å². The van der Waals surface area contributed by atoms with Crippen molar-refractivity contribution in [2.24, 2.45) is 0 Å². The van der Waals surface area contributed by atoms with Gasteiger partial charge in [0.2, 0.25) is 0 Å². The van der Waals surface area contributed by atoms with Crippen LogP contribution in [-0.2, 0) is 0 Å². The van der Waals surface area contributed by atoms with Gasteiger partial charge in [0, 0.05) is 12.4 Å². The molecule has 0 saturated heterocycles. The molecule has 0 atom stereocenters. The van der Waals surface area contributed by atoms with Crippen molar-refractivity contribution in [2.75, 3.05) is 0 Å². The van der Waals surface area contributed by atoms with Crippen LogP contribution in [0.25, 0.3) is 0 Å². The van der Waals surface area contributed by atoms with E-state index in [9.17, 15) is 4.79 Å². The first kappa shape index (κ1) is 5.88. The van der Waals surface area contributed by atoms with E-state index in [-0.39, 0.29) is 0 Å². The second-order valence-electron chi connectivity index (χ2n) is 1.70. The normalized spacial score (nSPS) is 16.2. The van der Waals surface area contributed by atoms with Crippen LogP contribution in [0.2, 0.25) is 0 Å². The summed E-state index contributed by atoms with van der Waals surface area (Å²) in [5.74, 6) is 0. The number of hydrogen-bond acceptors (Lipinski definition) is 1. The number of rotatable bonds is 0. The van der Waals surface area contributed by atoms with Crippen molar-refractivity contribution in [1.29, 1.82) is 0 Å². The largest absolute Gasteiger partial charge is 0.464 e. The summed E-state index contributed by atoms with van der Waals surface area (Å²) in [5.41, 5.74) is 0. The Morgan fingerprint density at radius 3 is 2.33 bits per heavy atom. The number of allylic oxidation sites excluding steroid dienone is 2. The third kappa shape index (κ3) is 1.32. The first-order chi connectivity index (χ1) is 4.30. The van der Waals surface area contributed by atoms with Gasteiger partial charge >= 0.3 is 6.09 Å². The molecule has 1 amide bonds. The first-order valence-corrected chi connectivity index (χ1v) is 2.65. The van der Waals surface area contributed by atoms with Crippen molar-refractivity contribution in [3.8, 4) is 0 Å². The lowest BCUT2D eigenvalue weighted by molar-refractivity contribution is 0.175. The first-order valence-electron chi connectivity index (χ1n) is 2.65. The maximum Gasteiger partial charge on any atom is 0.415 e. The highest BCUT2D eigenvalue weighted by Crippen LogP contribution is 2.01. The molecule has 0 spiro atoms. The van der Waals surface area contributed by atoms with Gasteiger partial charge in [-0.15, -0.1) is 0 Å². The predicted molar refractivity (Wildman–Crippen MR) is 32.8 cm³/mol. The van der Waals surface area contributed by atoms with Crippen LogP contribution in [0.15, 0.2) is 24.6 Å². The van der Waals surface area contributed by atoms with E-state index in [1.54, 1.807) is 12.2 Å². The average molecular weight is 125 g/mol. The fourth-order valence-electron chi connectivity index (χ4n) is 0.605. The van der Waals surface area contributed by atoms with E-state index in [0.29, 0.717) is 0 Å². The van der Waals surface area contributed by atoms with E-state index >= 15 is 0 Å². The molecule has 3 heteroatoms. The molecule has 1 heterocycles. The predicted octanol–water partition coefficient (Wildman–Crippen LogP) is 1.40. The van der Waals surface area contributed by atoms with E-state index < -0.39 is 6.09 Å². The highest BCUT2D eigenvalue weighted by atomic mass is 16.4. The number of carbonyl (C=O) groups is 1. The fraction of sp³-hybridized carbons (Fsp3) is 0.167. The minimum Gasteiger partial charge on any atom is -0.464 e. The van der Waals surface area contributed by atoms with Crippen molar-refractivity contribution in [1.82, 2.24) is 4.90 Å². The van der Waals surface area contributed by atoms with Gasteiger partial charge in [0.25, 0.3) is 0 Å². The minimum atomic E-state index is -0.942. The molecule has 1 aliphatic heterocycles. The molecule has 48 valence electrons. The Balaban J connectivity index is 2.60. The third-order valence-electron chi connectivity index (χ3n) is 1.03. The van der Waals surface area contributed by atoms with Crippen LogP contribution in [0.1, 0.15) is 6.42 Å². The zero-order chi connectivity index (χ0) is 6.69. The van der Waals surface area contributed by atoms with Crippen molar-refractivity contribution < 1.29 is 9.90 Å². The fourth-order valence-corrected chi connectivity index (χ4v) is 0.605. The second kappa shape index (κ2) is 2.35. The summed E-state index contributed by atoms with van der Waals surface area (Å²) >= 11 is 0. The quantitative estimate of drug-likeness (QED) is 0.531. The van der Waals surface area contributed by atoms with Crippen LogP contribution < -0.4 is 0 Å². The van der Waals surface area contributed by atoms with Gasteiger partial charge in [0.15, 0.2) is 0 Å². The topological polar surface area (TPSA) is 40.5 Å². The molecule has 0 saturated carbocycles. The molecular weight excluding hydrogens is 118 g/mol. The lowest BCUT2D eigenvalue weighted by Gasteiger charge is -2.09. The highest BCUT2D eigenvalue weighted by molar-refractivity contribution is 5.67. The Morgan fingerprint density at radius 2 is 2.00 bits per heavy atom. The summed E-state index contributed by atoms with van der Waals surface area (Å²) in [6, 6.07) is 0. The van der Waals surface area contributed by atoms with E-state index in [1.807, 2.05) is 0 Å². The van der Waals surface area contributed by atoms with Gasteiger partial charge in [0.05, 0.1) is 0 Å². The van der Waals surface area contributed by atoms with Crippen LogP contribution >= 0.6 is 0 Å².